The van der Waals surface area contributed by atoms with Crippen molar-refractivity contribution in [2.24, 2.45) is 0 Å². The molecule has 3 rings (SSSR count). The largest absolute Gasteiger partial charge is 0.497 e. The Hall–Kier alpha value is -3.63. The van der Waals surface area contributed by atoms with Crippen LogP contribution in [-0.2, 0) is 14.8 Å². The SMILES string of the molecule is COc1ccc(OC)c(N(CC(=O)Nc2cc(Cl)ccc2Oc2ccccc2OC)S(C)(=O)=O)c1. The van der Waals surface area contributed by atoms with Crippen LogP contribution in [-0.4, -0.2) is 48.5 Å². The van der Waals surface area contributed by atoms with Gasteiger partial charge >= 0.3 is 0 Å². The first-order chi connectivity index (χ1) is 16.7. The van der Waals surface area contributed by atoms with E-state index in [2.05, 4.69) is 5.32 Å². The van der Waals surface area contributed by atoms with Gasteiger partial charge in [0.25, 0.3) is 0 Å². The second-order valence-electron chi connectivity index (χ2n) is 7.25. The fourth-order valence-corrected chi connectivity index (χ4v) is 4.23. The maximum atomic E-state index is 13.0. The summed E-state index contributed by atoms with van der Waals surface area (Å²) in [6, 6.07) is 16.4. The van der Waals surface area contributed by atoms with Gasteiger partial charge < -0.3 is 24.3 Å². The predicted octanol–water partition coefficient (Wildman–Crippen LogP) is 4.56. The lowest BCUT2D eigenvalue weighted by molar-refractivity contribution is -0.114. The van der Waals surface area contributed by atoms with E-state index in [1.54, 1.807) is 48.5 Å². The molecule has 0 atom stereocenters. The number of carbonyl (C=O) groups excluding carboxylic acids is 1. The average molecular weight is 521 g/mol. The number of halogens is 1. The van der Waals surface area contributed by atoms with Gasteiger partial charge in [0.15, 0.2) is 17.2 Å². The van der Waals surface area contributed by atoms with Crippen LogP contribution >= 0.6 is 11.6 Å². The van der Waals surface area contributed by atoms with Crippen molar-refractivity contribution >= 4 is 38.9 Å². The van der Waals surface area contributed by atoms with Crippen LogP contribution in [0.1, 0.15) is 0 Å². The number of nitrogens with one attached hydrogen (secondary N) is 1. The number of para-hydroxylation sites is 2. The molecule has 0 aliphatic heterocycles. The quantitative estimate of drug-likeness (QED) is 0.418. The summed E-state index contributed by atoms with van der Waals surface area (Å²) in [6.45, 7) is -0.539. The molecule has 0 saturated carbocycles. The van der Waals surface area contributed by atoms with E-state index in [1.165, 1.54) is 33.5 Å². The standard InChI is InChI=1S/C24H25ClN2O7S/c1-31-17-10-12-21(32-2)19(14-17)27(35(4,29)30)15-24(28)26-18-13-16(25)9-11-20(18)34-23-8-6-5-7-22(23)33-3/h5-14H,15H2,1-4H3,(H,26,28). The minimum Gasteiger partial charge on any atom is -0.497 e. The minimum absolute atomic E-state index is 0.154. The molecule has 0 saturated heterocycles. The van der Waals surface area contributed by atoms with E-state index < -0.39 is 22.5 Å². The Morgan fingerprint density at radius 3 is 2.17 bits per heavy atom. The van der Waals surface area contributed by atoms with Gasteiger partial charge in [0.2, 0.25) is 15.9 Å². The van der Waals surface area contributed by atoms with Crippen molar-refractivity contribution in [2.45, 2.75) is 0 Å². The summed E-state index contributed by atoms with van der Waals surface area (Å²) in [6.07, 6.45) is 0.995. The van der Waals surface area contributed by atoms with Crippen LogP contribution in [0.5, 0.6) is 28.7 Å². The molecular weight excluding hydrogens is 496 g/mol. The van der Waals surface area contributed by atoms with Crippen LogP contribution in [0, 0.1) is 0 Å². The molecule has 3 aromatic rings. The third-order valence-electron chi connectivity index (χ3n) is 4.85. The number of anilines is 2. The molecule has 11 heteroatoms. The highest BCUT2D eigenvalue weighted by Crippen LogP contribution is 2.37. The highest BCUT2D eigenvalue weighted by atomic mass is 35.5. The van der Waals surface area contributed by atoms with Crippen LogP contribution in [0.25, 0.3) is 0 Å². The minimum atomic E-state index is -3.88. The number of hydrogen-bond acceptors (Lipinski definition) is 7. The summed E-state index contributed by atoms with van der Waals surface area (Å²) in [7, 11) is 0.490. The van der Waals surface area contributed by atoms with E-state index in [4.69, 9.17) is 30.5 Å². The Morgan fingerprint density at radius 1 is 0.886 bits per heavy atom. The zero-order chi connectivity index (χ0) is 25.6. The van der Waals surface area contributed by atoms with Crippen LogP contribution in [0.3, 0.4) is 0 Å². The van der Waals surface area contributed by atoms with E-state index in [9.17, 15) is 13.2 Å². The van der Waals surface area contributed by atoms with Gasteiger partial charge in [-0.25, -0.2) is 8.42 Å². The van der Waals surface area contributed by atoms with Gasteiger partial charge in [0, 0.05) is 11.1 Å². The van der Waals surface area contributed by atoms with Crippen molar-refractivity contribution in [3.63, 3.8) is 0 Å². The first-order valence-corrected chi connectivity index (χ1v) is 12.5. The zero-order valence-electron chi connectivity index (χ0n) is 19.6. The molecule has 0 spiro atoms. The number of ether oxygens (including phenoxy) is 4. The Kier molecular flexibility index (Phi) is 8.31. The van der Waals surface area contributed by atoms with E-state index in [0.717, 1.165) is 10.6 Å². The van der Waals surface area contributed by atoms with Crippen molar-refractivity contribution in [3.05, 3.63) is 65.7 Å². The predicted molar refractivity (Wildman–Crippen MR) is 135 cm³/mol. The molecule has 0 bridgehead atoms. The topological polar surface area (TPSA) is 103 Å². The van der Waals surface area contributed by atoms with E-state index in [0.29, 0.717) is 22.3 Å². The van der Waals surface area contributed by atoms with E-state index >= 15 is 0 Å². The van der Waals surface area contributed by atoms with Gasteiger partial charge in [-0.05, 0) is 42.5 Å². The van der Waals surface area contributed by atoms with Crippen LogP contribution < -0.4 is 28.6 Å². The highest BCUT2D eigenvalue weighted by Gasteiger charge is 2.25. The lowest BCUT2D eigenvalue weighted by Crippen LogP contribution is -2.37. The maximum absolute atomic E-state index is 13.0. The average Bonchev–Trinajstić information content (AvgIpc) is 2.83. The van der Waals surface area contributed by atoms with Crippen molar-refractivity contribution in [1.29, 1.82) is 0 Å². The Bertz CT molecular complexity index is 1310. The molecule has 1 amide bonds. The number of sulfonamides is 1. The molecule has 1 N–H and O–H groups in total. The molecule has 0 aliphatic rings. The molecule has 0 fully saturated rings. The number of amides is 1. The van der Waals surface area contributed by atoms with E-state index in [-0.39, 0.29) is 22.9 Å². The van der Waals surface area contributed by atoms with Gasteiger partial charge in [-0.15, -0.1) is 0 Å². The summed E-state index contributed by atoms with van der Waals surface area (Å²) >= 11 is 6.14. The van der Waals surface area contributed by atoms with Crippen LogP contribution in [0.15, 0.2) is 60.7 Å². The third-order valence-corrected chi connectivity index (χ3v) is 6.21. The van der Waals surface area contributed by atoms with Gasteiger partial charge in [-0.3, -0.25) is 9.10 Å². The lowest BCUT2D eigenvalue weighted by atomic mass is 10.2. The highest BCUT2D eigenvalue weighted by molar-refractivity contribution is 7.92. The molecule has 9 nitrogen and oxygen atoms in total. The maximum Gasteiger partial charge on any atom is 0.245 e. The Morgan fingerprint density at radius 2 is 1.54 bits per heavy atom. The number of carbonyl (C=O) groups is 1. The number of benzene rings is 3. The first kappa shape index (κ1) is 26.0. The monoisotopic (exact) mass is 520 g/mol. The van der Waals surface area contributed by atoms with Crippen LogP contribution in [0.4, 0.5) is 11.4 Å². The summed E-state index contributed by atoms with van der Waals surface area (Å²) < 4.78 is 47.9. The van der Waals surface area contributed by atoms with Gasteiger partial charge in [0.05, 0.1) is 39.0 Å². The van der Waals surface area contributed by atoms with Crippen molar-refractivity contribution in [3.8, 4) is 28.7 Å². The van der Waals surface area contributed by atoms with Gasteiger partial charge in [-0.2, -0.15) is 0 Å². The van der Waals surface area contributed by atoms with Crippen molar-refractivity contribution < 1.29 is 32.2 Å². The van der Waals surface area contributed by atoms with Crippen LogP contribution in [0.2, 0.25) is 5.02 Å². The Labute approximate surface area is 209 Å². The number of hydrogen-bond donors (Lipinski definition) is 1. The van der Waals surface area contributed by atoms with Crippen molar-refractivity contribution in [1.82, 2.24) is 0 Å². The summed E-state index contributed by atoms with van der Waals surface area (Å²) in [4.78, 5) is 13.0. The number of nitrogens with zero attached hydrogens (tertiary/aromatic N) is 1. The molecule has 0 aromatic heterocycles. The van der Waals surface area contributed by atoms with Gasteiger partial charge in [-0.1, -0.05) is 23.7 Å². The summed E-state index contributed by atoms with van der Waals surface area (Å²) in [5.41, 5.74) is 0.403. The molecule has 0 radical (unpaired) electrons. The number of rotatable bonds is 10. The second kappa shape index (κ2) is 11.2. The molecule has 186 valence electrons. The molecule has 0 aliphatic carbocycles. The fourth-order valence-electron chi connectivity index (χ4n) is 3.20. The normalized spacial score (nSPS) is 10.9. The smallest absolute Gasteiger partial charge is 0.245 e. The van der Waals surface area contributed by atoms with Crippen molar-refractivity contribution in [2.75, 3.05) is 43.8 Å². The number of methoxy groups -OCH3 is 3. The first-order valence-electron chi connectivity index (χ1n) is 10.3. The van der Waals surface area contributed by atoms with Gasteiger partial charge in [0.1, 0.15) is 18.0 Å². The Balaban J connectivity index is 1.91. The third kappa shape index (κ3) is 6.49. The molecule has 0 heterocycles. The molecular formula is C24H25ClN2O7S. The summed E-state index contributed by atoms with van der Waals surface area (Å²) in [5, 5.41) is 3.03. The lowest BCUT2D eigenvalue weighted by Gasteiger charge is -2.24. The summed E-state index contributed by atoms with van der Waals surface area (Å²) in [5.74, 6) is 1.23. The van der Waals surface area contributed by atoms with E-state index in [1.807, 2.05) is 0 Å². The zero-order valence-corrected chi connectivity index (χ0v) is 21.1. The molecule has 0 unspecified atom stereocenters. The molecule has 35 heavy (non-hydrogen) atoms. The molecule has 3 aromatic carbocycles. The fraction of sp³-hybridized carbons (Fsp3) is 0.208. The second-order valence-corrected chi connectivity index (χ2v) is 9.59.